The third-order valence-corrected chi connectivity index (χ3v) is 4.10. The Morgan fingerprint density at radius 1 is 1.57 bits per heavy atom. The first-order valence-corrected chi connectivity index (χ1v) is 6.51. The Morgan fingerprint density at radius 2 is 2.21 bits per heavy atom. The van der Waals surface area contributed by atoms with E-state index in [0.717, 1.165) is 0 Å². The van der Waals surface area contributed by atoms with Gasteiger partial charge in [-0.3, -0.25) is 10.1 Å². The van der Waals surface area contributed by atoms with Crippen molar-refractivity contribution in [3.8, 4) is 0 Å². The molecule has 14 heavy (non-hydrogen) atoms. The first-order valence-electron chi connectivity index (χ1n) is 4.69. The Morgan fingerprint density at radius 3 is 2.64 bits per heavy atom. The number of nitrogens with one attached hydrogen (secondary N) is 1. The molecule has 0 aliphatic carbocycles. The molecule has 0 aromatic rings. The van der Waals surface area contributed by atoms with Crippen LogP contribution in [0.4, 0.5) is 0 Å². The predicted molar refractivity (Wildman–Crippen MR) is 53.5 cm³/mol. The SMILES string of the molecule is CCS(=O)(=O)CCN1C(=O)CNC1C. The summed E-state index contributed by atoms with van der Waals surface area (Å²) in [5.74, 6) is 0.168. The van der Waals surface area contributed by atoms with Gasteiger partial charge < -0.3 is 4.90 Å². The standard InChI is InChI=1S/C8H16N2O3S/c1-3-14(12,13)5-4-10-7(2)9-6-8(10)11/h7,9H,3-6H2,1-2H3. The minimum absolute atomic E-state index is 0.0243. The van der Waals surface area contributed by atoms with E-state index in [1.807, 2.05) is 6.92 Å². The van der Waals surface area contributed by atoms with E-state index in [1.165, 1.54) is 0 Å². The van der Waals surface area contributed by atoms with Crippen LogP contribution in [0.5, 0.6) is 0 Å². The minimum atomic E-state index is -2.98. The van der Waals surface area contributed by atoms with E-state index >= 15 is 0 Å². The second-order valence-electron chi connectivity index (χ2n) is 3.38. The van der Waals surface area contributed by atoms with E-state index in [1.54, 1.807) is 11.8 Å². The van der Waals surface area contributed by atoms with Crippen LogP contribution < -0.4 is 5.32 Å². The van der Waals surface area contributed by atoms with Crippen molar-refractivity contribution in [1.29, 1.82) is 0 Å². The van der Waals surface area contributed by atoms with Gasteiger partial charge in [-0.25, -0.2) is 8.42 Å². The van der Waals surface area contributed by atoms with Gasteiger partial charge in [0.1, 0.15) is 0 Å². The van der Waals surface area contributed by atoms with E-state index < -0.39 is 9.84 Å². The van der Waals surface area contributed by atoms with Gasteiger partial charge in [-0.15, -0.1) is 0 Å². The van der Waals surface area contributed by atoms with E-state index in [4.69, 9.17) is 0 Å². The molecule has 0 spiro atoms. The number of carbonyl (C=O) groups excluding carboxylic acids is 1. The molecular weight excluding hydrogens is 204 g/mol. The van der Waals surface area contributed by atoms with Crippen LogP contribution in [-0.4, -0.2) is 50.0 Å². The summed E-state index contributed by atoms with van der Waals surface area (Å²) in [6, 6.07) is 0. The Labute approximate surface area is 84.4 Å². The van der Waals surface area contributed by atoms with Gasteiger partial charge in [0, 0.05) is 12.3 Å². The summed E-state index contributed by atoms with van der Waals surface area (Å²) in [7, 11) is -2.98. The molecule has 1 saturated heterocycles. The summed E-state index contributed by atoms with van der Waals surface area (Å²) < 4.78 is 22.4. The van der Waals surface area contributed by atoms with E-state index in [0.29, 0.717) is 13.1 Å². The minimum Gasteiger partial charge on any atom is -0.325 e. The van der Waals surface area contributed by atoms with Gasteiger partial charge in [-0.2, -0.15) is 0 Å². The molecule has 1 aliphatic heterocycles. The molecule has 5 nitrogen and oxygen atoms in total. The molecule has 1 N–H and O–H groups in total. The second kappa shape index (κ2) is 4.27. The van der Waals surface area contributed by atoms with Gasteiger partial charge in [-0.1, -0.05) is 6.92 Å². The summed E-state index contributed by atoms with van der Waals surface area (Å²) in [6.07, 6.45) is -0.0467. The Balaban J connectivity index is 2.49. The van der Waals surface area contributed by atoms with Crippen LogP contribution in [0.1, 0.15) is 13.8 Å². The van der Waals surface area contributed by atoms with Gasteiger partial charge in [-0.05, 0) is 6.92 Å². The van der Waals surface area contributed by atoms with Crippen molar-refractivity contribution in [3.05, 3.63) is 0 Å². The number of hydrogen-bond acceptors (Lipinski definition) is 4. The fraction of sp³-hybridized carbons (Fsp3) is 0.875. The first-order chi connectivity index (χ1) is 6.46. The summed E-state index contributed by atoms with van der Waals surface area (Å²) in [6.45, 7) is 4.07. The maximum absolute atomic E-state index is 11.3. The largest absolute Gasteiger partial charge is 0.325 e. The van der Waals surface area contributed by atoms with Crippen molar-refractivity contribution in [2.75, 3.05) is 24.6 Å². The summed E-state index contributed by atoms with van der Waals surface area (Å²) >= 11 is 0. The lowest BCUT2D eigenvalue weighted by Gasteiger charge is -2.20. The fourth-order valence-corrected chi connectivity index (χ4v) is 2.13. The number of sulfone groups is 1. The van der Waals surface area contributed by atoms with Crippen molar-refractivity contribution in [2.24, 2.45) is 0 Å². The molecule has 1 fully saturated rings. The zero-order chi connectivity index (χ0) is 10.8. The maximum atomic E-state index is 11.3. The van der Waals surface area contributed by atoms with E-state index in [2.05, 4.69) is 5.32 Å². The fourth-order valence-electron chi connectivity index (χ4n) is 1.36. The van der Waals surface area contributed by atoms with E-state index in [-0.39, 0.29) is 23.6 Å². The molecule has 1 atom stereocenters. The molecule has 0 saturated carbocycles. The van der Waals surface area contributed by atoms with Crippen LogP contribution in [0.25, 0.3) is 0 Å². The van der Waals surface area contributed by atoms with Crippen LogP contribution in [0, 0.1) is 0 Å². The normalized spacial score (nSPS) is 23.1. The summed E-state index contributed by atoms with van der Waals surface area (Å²) in [5, 5.41) is 2.96. The number of hydrogen-bond donors (Lipinski definition) is 1. The van der Waals surface area contributed by atoms with Crippen LogP contribution >= 0.6 is 0 Å². The zero-order valence-electron chi connectivity index (χ0n) is 8.49. The van der Waals surface area contributed by atoms with Gasteiger partial charge in [0.2, 0.25) is 5.91 Å². The molecule has 1 aliphatic rings. The number of amides is 1. The Kier molecular flexibility index (Phi) is 3.49. The van der Waals surface area contributed by atoms with Crippen LogP contribution in [0.3, 0.4) is 0 Å². The van der Waals surface area contributed by atoms with Gasteiger partial charge >= 0.3 is 0 Å². The van der Waals surface area contributed by atoms with Crippen molar-refractivity contribution < 1.29 is 13.2 Å². The quantitative estimate of drug-likeness (QED) is 0.673. The van der Waals surface area contributed by atoms with Crippen molar-refractivity contribution in [3.63, 3.8) is 0 Å². The lowest BCUT2D eigenvalue weighted by molar-refractivity contribution is -0.127. The third kappa shape index (κ3) is 2.68. The molecule has 0 aromatic heterocycles. The monoisotopic (exact) mass is 220 g/mol. The molecule has 1 rings (SSSR count). The molecule has 0 bridgehead atoms. The first kappa shape index (κ1) is 11.5. The van der Waals surface area contributed by atoms with Crippen LogP contribution in [-0.2, 0) is 14.6 Å². The Bertz CT molecular complexity index is 313. The third-order valence-electron chi connectivity index (χ3n) is 2.42. The van der Waals surface area contributed by atoms with Crippen LogP contribution in [0.15, 0.2) is 0 Å². The summed E-state index contributed by atoms with van der Waals surface area (Å²) in [4.78, 5) is 12.8. The maximum Gasteiger partial charge on any atom is 0.237 e. The molecule has 1 unspecified atom stereocenters. The highest BCUT2D eigenvalue weighted by Gasteiger charge is 2.27. The van der Waals surface area contributed by atoms with Crippen LogP contribution in [0.2, 0.25) is 0 Å². The average Bonchev–Trinajstić information content (AvgIpc) is 2.44. The van der Waals surface area contributed by atoms with Crippen molar-refractivity contribution in [2.45, 2.75) is 20.0 Å². The van der Waals surface area contributed by atoms with Crippen molar-refractivity contribution in [1.82, 2.24) is 10.2 Å². The molecule has 0 aromatic carbocycles. The van der Waals surface area contributed by atoms with E-state index in [9.17, 15) is 13.2 Å². The molecule has 1 heterocycles. The lowest BCUT2D eigenvalue weighted by atomic mass is 10.5. The number of carbonyl (C=O) groups is 1. The zero-order valence-corrected chi connectivity index (χ0v) is 9.30. The Hall–Kier alpha value is -0.620. The lowest BCUT2D eigenvalue weighted by Crippen LogP contribution is -2.38. The molecular formula is C8H16N2O3S. The smallest absolute Gasteiger partial charge is 0.237 e. The average molecular weight is 220 g/mol. The molecule has 0 radical (unpaired) electrons. The highest BCUT2D eigenvalue weighted by molar-refractivity contribution is 7.91. The highest BCUT2D eigenvalue weighted by Crippen LogP contribution is 2.04. The number of nitrogens with zero attached hydrogens (tertiary/aromatic N) is 1. The van der Waals surface area contributed by atoms with Gasteiger partial charge in [0.25, 0.3) is 0 Å². The number of rotatable bonds is 4. The highest BCUT2D eigenvalue weighted by atomic mass is 32.2. The van der Waals surface area contributed by atoms with Gasteiger partial charge in [0.05, 0.1) is 18.5 Å². The second-order valence-corrected chi connectivity index (χ2v) is 5.85. The van der Waals surface area contributed by atoms with Gasteiger partial charge in [0.15, 0.2) is 9.84 Å². The predicted octanol–water partition coefficient (Wildman–Crippen LogP) is -0.801. The van der Waals surface area contributed by atoms with Crippen molar-refractivity contribution >= 4 is 15.7 Å². The molecule has 6 heteroatoms. The molecule has 82 valence electrons. The topological polar surface area (TPSA) is 66.5 Å². The summed E-state index contributed by atoms with van der Waals surface area (Å²) in [5.41, 5.74) is 0. The molecule has 1 amide bonds.